The van der Waals surface area contributed by atoms with Gasteiger partial charge in [0.25, 0.3) is 5.78 Å². The first-order valence-corrected chi connectivity index (χ1v) is 13.2. The molecule has 0 spiro atoms. The second kappa shape index (κ2) is 10.8. The number of rotatable bonds is 7. The Morgan fingerprint density at radius 1 is 1.10 bits per heavy atom. The third-order valence-corrected chi connectivity index (χ3v) is 7.33. The van der Waals surface area contributed by atoms with Crippen molar-refractivity contribution in [2.75, 3.05) is 31.3 Å². The van der Waals surface area contributed by atoms with Crippen LogP contribution >= 0.6 is 11.3 Å². The Bertz CT molecular complexity index is 1490. The van der Waals surface area contributed by atoms with Gasteiger partial charge >= 0.3 is 11.9 Å². The fraction of sp³-hybridized carbons (Fsp3) is 0.286. The highest BCUT2D eigenvalue weighted by Crippen LogP contribution is 2.45. The number of benzene rings is 2. The zero-order valence-corrected chi connectivity index (χ0v) is 22.4. The molecule has 1 fully saturated rings. The van der Waals surface area contributed by atoms with E-state index in [4.69, 9.17) is 18.9 Å². The number of esters is 1. The number of hydrogen-bond acceptors (Lipinski definition) is 10. The molecule has 2 aliphatic rings. The van der Waals surface area contributed by atoms with E-state index in [0.717, 1.165) is 11.3 Å². The number of aromatic nitrogens is 1. The van der Waals surface area contributed by atoms with Crippen LogP contribution in [0.5, 0.6) is 17.2 Å². The molecular weight excluding hydrogens is 524 g/mol. The van der Waals surface area contributed by atoms with Crippen molar-refractivity contribution in [1.82, 2.24) is 4.98 Å². The predicted molar refractivity (Wildman–Crippen MR) is 143 cm³/mol. The van der Waals surface area contributed by atoms with E-state index in [2.05, 4.69) is 4.98 Å². The molecule has 1 amide bonds. The van der Waals surface area contributed by atoms with Crippen LogP contribution < -0.4 is 19.1 Å². The average molecular weight is 551 g/mol. The molecule has 3 heterocycles. The summed E-state index contributed by atoms with van der Waals surface area (Å²) < 4.78 is 22.0. The first kappa shape index (κ1) is 26.2. The Labute approximate surface area is 228 Å². The van der Waals surface area contributed by atoms with E-state index in [-0.39, 0.29) is 33.5 Å². The Morgan fingerprint density at radius 2 is 1.87 bits per heavy atom. The standard InChI is InChI=1S/C28H26N2O8S/c1-4-35-18-8-6-7-16(13-18)22-21(23(31)17-9-10-19-20(14-17)38-12-11-37-19)24(32)26(33)30(22)28-29-15(3)25(39-28)27(34)36-5-2/h6-10,13-14,22,31H,4-5,11-12H2,1-3H3/t22-/m1/s1. The lowest BCUT2D eigenvalue weighted by molar-refractivity contribution is -0.132. The van der Waals surface area contributed by atoms with Crippen molar-refractivity contribution in [1.29, 1.82) is 0 Å². The summed E-state index contributed by atoms with van der Waals surface area (Å²) in [4.78, 5) is 45.3. The molecule has 202 valence electrons. The van der Waals surface area contributed by atoms with Crippen molar-refractivity contribution in [3.8, 4) is 17.2 Å². The number of carbonyl (C=O) groups excluding carboxylic acids is 3. The third-order valence-electron chi connectivity index (χ3n) is 6.20. The van der Waals surface area contributed by atoms with Gasteiger partial charge in [-0.3, -0.25) is 14.5 Å². The molecule has 5 rings (SSSR count). The summed E-state index contributed by atoms with van der Waals surface area (Å²) in [5.74, 6) is -1.25. The molecule has 1 N–H and O–H groups in total. The van der Waals surface area contributed by atoms with Crippen molar-refractivity contribution in [3.05, 3.63) is 69.7 Å². The van der Waals surface area contributed by atoms with Crippen LogP contribution in [0.3, 0.4) is 0 Å². The predicted octanol–water partition coefficient (Wildman–Crippen LogP) is 4.42. The third kappa shape index (κ3) is 4.81. The number of thiazole rings is 1. The molecule has 0 unspecified atom stereocenters. The van der Waals surface area contributed by atoms with Crippen molar-refractivity contribution in [3.63, 3.8) is 0 Å². The van der Waals surface area contributed by atoms with Gasteiger partial charge in [-0.25, -0.2) is 9.78 Å². The molecule has 2 aromatic carbocycles. The highest BCUT2D eigenvalue weighted by Gasteiger charge is 2.48. The second-order valence-electron chi connectivity index (χ2n) is 8.66. The van der Waals surface area contributed by atoms with Gasteiger partial charge in [0.1, 0.15) is 29.6 Å². The van der Waals surface area contributed by atoms with Gasteiger partial charge in [-0.2, -0.15) is 0 Å². The molecule has 1 aromatic heterocycles. The molecule has 39 heavy (non-hydrogen) atoms. The number of aliphatic hydroxyl groups excluding tert-OH is 1. The number of ether oxygens (including phenoxy) is 4. The molecule has 1 atom stereocenters. The van der Waals surface area contributed by atoms with E-state index in [9.17, 15) is 19.5 Å². The van der Waals surface area contributed by atoms with E-state index in [1.807, 2.05) is 6.92 Å². The van der Waals surface area contributed by atoms with Crippen LogP contribution in [0.15, 0.2) is 48.0 Å². The van der Waals surface area contributed by atoms with Crippen LogP contribution in [0.4, 0.5) is 5.13 Å². The van der Waals surface area contributed by atoms with Crippen LogP contribution in [0, 0.1) is 6.92 Å². The number of aliphatic hydroxyl groups is 1. The summed E-state index contributed by atoms with van der Waals surface area (Å²) in [5, 5.41) is 11.6. The number of aryl methyl sites for hydroxylation is 1. The summed E-state index contributed by atoms with van der Waals surface area (Å²) in [6, 6.07) is 10.7. The summed E-state index contributed by atoms with van der Waals surface area (Å²) >= 11 is 0.947. The highest BCUT2D eigenvalue weighted by molar-refractivity contribution is 7.17. The quantitative estimate of drug-likeness (QED) is 0.197. The van der Waals surface area contributed by atoms with Gasteiger partial charge in [-0.15, -0.1) is 0 Å². The molecule has 2 aliphatic heterocycles. The summed E-state index contributed by atoms with van der Waals surface area (Å²) in [6.07, 6.45) is 0. The van der Waals surface area contributed by atoms with Crippen LogP contribution in [0.1, 0.15) is 46.4 Å². The van der Waals surface area contributed by atoms with Gasteiger partial charge in [0.2, 0.25) is 0 Å². The number of anilines is 1. The van der Waals surface area contributed by atoms with Crippen LogP contribution in [0.25, 0.3) is 5.76 Å². The van der Waals surface area contributed by atoms with E-state index in [0.29, 0.717) is 48.3 Å². The molecule has 0 saturated carbocycles. The molecule has 11 heteroatoms. The van der Waals surface area contributed by atoms with Gasteiger partial charge in [0.05, 0.1) is 30.5 Å². The largest absolute Gasteiger partial charge is 0.507 e. The van der Waals surface area contributed by atoms with Gasteiger partial charge in [0.15, 0.2) is 16.6 Å². The smallest absolute Gasteiger partial charge is 0.350 e. The number of hydrogen-bond donors (Lipinski definition) is 1. The monoisotopic (exact) mass is 550 g/mol. The van der Waals surface area contributed by atoms with Crippen LogP contribution in [0.2, 0.25) is 0 Å². The lowest BCUT2D eigenvalue weighted by Gasteiger charge is -2.23. The zero-order chi connectivity index (χ0) is 27.7. The molecule has 0 bridgehead atoms. The first-order valence-electron chi connectivity index (χ1n) is 12.4. The zero-order valence-electron chi connectivity index (χ0n) is 21.6. The maximum Gasteiger partial charge on any atom is 0.350 e. The second-order valence-corrected chi connectivity index (χ2v) is 9.64. The maximum atomic E-state index is 13.5. The number of carbonyl (C=O) groups is 3. The Kier molecular flexibility index (Phi) is 7.25. The number of ketones is 1. The summed E-state index contributed by atoms with van der Waals surface area (Å²) in [6.45, 7) is 6.50. The maximum absolute atomic E-state index is 13.5. The topological polar surface area (TPSA) is 124 Å². The van der Waals surface area contributed by atoms with Crippen molar-refractivity contribution < 1.29 is 38.4 Å². The minimum absolute atomic E-state index is 0.129. The molecule has 1 saturated heterocycles. The normalized spacial score (nSPS) is 17.8. The minimum atomic E-state index is -1.04. The Hall–Kier alpha value is -4.38. The van der Waals surface area contributed by atoms with E-state index >= 15 is 0 Å². The molecular formula is C28H26N2O8S. The minimum Gasteiger partial charge on any atom is -0.507 e. The fourth-order valence-corrected chi connectivity index (χ4v) is 5.49. The number of Topliss-reactive ketones (excluding diaryl/α,β-unsaturated/α-hetero) is 1. The molecule has 0 aliphatic carbocycles. The summed E-state index contributed by atoms with van der Waals surface area (Å²) in [5.41, 5.74) is 1.04. The molecule has 3 aromatic rings. The number of fused-ring (bicyclic) bond motifs is 1. The van der Waals surface area contributed by atoms with Gasteiger partial charge < -0.3 is 24.1 Å². The Balaban J connectivity index is 1.67. The van der Waals surface area contributed by atoms with E-state index < -0.39 is 23.7 Å². The van der Waals surface area contributed by atoms with Crippen LogP contribution in [-0.4, -0.2) is 54.2 Å². The highest BCUT2D eigenvalue weighted by atomic mass is 32.1. The van der Waals surface area contributed by atoms with Gasteiger partial charge in [0, 0.05) is 5.56 Å². The summed E-state index contributed by atoms with van der Waals surface area (Å²) in [7, 11) is 0. The van der Waals surface area contributed by atoms with E-state index in [1.165, 1.54) is 4.90 Å². The first-order chi connectivity index (χ1) is 18.8. The van der Waals surface area contributed by atoms with Crippen molar-refractivity contribution in [2.45, 2.75) is 26.8 Å². The average Bonchev–Trinajstić information content (AvgIpc) is 3.45. The number of nitrogens with zero attached hydrogens (tertiary/aromatic N) is 2. The lowest BCUT2D eigenvalue weighted by Crippen LogP contribution is -2.29. The van der Waals surface area contributed by atoms with Gasteiger partial charge in [-0.05, 0) is 56.7 Å². The fourth-order valence-electron chi connectivity index (χ4n) is 4.50. The SMILES string of the molecule is CCOC(=O)c1sc(N2C(=O)C(=O)C(=C(O)c3ccc4c(c3)OCCO4)[C@H]2c2cccc(OCC)c2)nc1C. The van der Waals surface area contributed by atoms with Crippen molar-refractivity contribution in [2.24, 2.45) is 0 Å². The van der Waals surface area contributed by atoms with Crippen molar-refractivity contribution >= 4 is 39.9 Å². The lowest BCUT2D eigenvalue weighted by atomic mass is 9.95. The van der Waals surface area contributed by atoms with E-state index in [1.54, 1.807) is 56.3 Å². The molecule has 0 radical (unpaired) electrons. The molecule has 10 nitrogen and oxygen atoms in total. The van der Waals surface area contributed by atoms with Gasteiger partial charge in [-0.1, -0.05) is 23.5 Å². The number of amides is 1. The van der Waals surface area contributed by atoms with Crippen LogP contribution in [-0.2, 0) is 14.3 Å². The Morgan fingerprint density at radius 3 is 2.62 bits per heavy atom.